The third-order valence-corrected chi connectivity index (χ3v) is 5.28. The number of amides is 2. The average molecular weight is 399 g/mol. The smallest absolute Gasteiger partial charge is 0.259 e. The second-order valence-electron chi connectivity index (χ2n) is 7.71. The maximum Gasteiger partial charge on any atom is 0.259 e. The summed E-state index contributed by atoms with van der Waals surface area (Å²) in [5.41, 5.74) is 2.14. The van der Waals surface area contributed by atoms with Crippen LogP contribution in [0.15, 0.2) is 28.8 Å². The third-order valence-electron chi connectivity index (χ3n) is 5.28. The van der Waals surface area contributed by atoms with Gasteiger partial charge < -0.3 is 19.1 Å². The Hall–Kier alpha value is -2.83. The zero-order valence-electron chi connectivity index (χ0n) is 17.6. The highest BCUT2D eigenvalue weighted by molar-refractivity contribution is 5.96. The Bertz CT molecular complexity index is 857. The van der Waals surface area contributed by atoms with Crippen molar-refractivity contribution in [3.8, 4) is 5.75 Å². The molecule has 0 spiro atoms. The van der Waals surface area contributed by atoms with Crippen molar-refractivity contribution in [2.45, 2.75) is 39.5 Å². The molecule has 1 aliphatic rings. The second-order valence-corrected chi connectivity index (χ2v) is 7.71. The number of aryl methyl sites for hydroxylation is 1. The van der Waals surface area contributed by atoms with Crippen LogP contribution >= 0.6 is 0 Å². The first-order chi connectivity index (χ1) is 13.9. The molecule has 7 nitrogen and oxygen atoms in total. The fourth-order valence-corrected chi connectivity index (χ4v) is 3.60. The molecule has 2 amide bonds. The SMILES string of the molecule is COc1ccc(CC(=O)N2CCCN(C(=O)c3c(C)noc3C(C)C)CC2)cc1. The van der Waals surface area contributed by atoms with Gasteiger partial charge in [-0.3, -0.25) is 9.59 Å². The second kappa shape index (κ2) is 9.11. The summed E-state index contributed by atoms with van der Waals surface area (Å²) >= 11 is 0. The highest BCUT2D eigenvalue weighted by atomic mass is 16.5. The van der Waals surface area contributed by atoms with E-state index in [0.29, 0.717) is 49.6 Å². The van der Waals surface area contributed by atoms with E-state index in [1.165, 1.54) is 0 Å². The number of carbonyl (C=O) groups excluding carboxylic acids is 2. The van der Waals surface area contributed by atoms with Crippen LogP contribution in [0.25, 0.3) is 0 Å². The standard InChI is InChI=1S/C22H29N3O4/c1-15(2)21-20(16(3)23-29-21)22(27)25-11-5-10-24(12-13-25)19(26)14-17-6-8-18(28-4)9-7-17/h6-9,15H,5,10-14H2,1-4H3. The molecule has 0 unspecified atom stereocenters. The summed E-state index contributed by atoms with van der Waals surface area (Å²) in [7, 11) is 1.62. The third kappa shape index (κ3) is 4.78. The molecule has 0 bridgehead atoms. The molecule has 3 rings (SSSR count). The van der Waals surface area contributed by atoms with Gasteiger partial charge in [-0.2, -0.15) is 0 Å². The van der Waals surface area contributed by atoms with Crippen LogP contribution in [0.3, 0.4) is 0 Å². The molecule has 156 valence electrons. The molecule has 1 saturated heterocycles. The Morgan fingerprint density at radius 2 is 1.76 bits per heavy atom. The predicted molar refractivity (Wildman–Crippen MR) is 109 cm³/mol. The van der Waals surface area contributed by atoms with E-state index in [-0.39, 0.29) is 17.7 Å². The van der Waals surface area contributed by atoms with E-state index in [2.05, 4.69) is 5.16 Å². The van der Waals surface area contributed by atoms with E-state index in [1.54, 1.807) is 14.0 Å². The molecule has 0 atom stereocenters. The molecule has 0 aliphatic carbocycles. The number of benzene rings is 1. The maximum absolute atomic E-state index is 13.1. The molecule has 1 fully saturated rings. The molecule has 1 aromatic carbocycles. The number of hydrogen-bond donors (Lipinski definition) is 0. The number of ether oxygens (including phenoxy) is 1. The van der Waals surface area contributed by atoms with Gasteiger partial charge in [-0.25, -0.2) is 0 Å². The Kier molecular flexibility index (Phi) is 6.56. The summed E-state index contributed by atoms with van der Waals surface area (Å²) in [5.74, 6) is 1.51. The minimum absolute atomic E-state index is 0.0584. The van der Waals surface area contributed by atoms with Gasteiger partial charge in [-0.15, -0.1) is 0 Å². The van der Waals surface area contributed by atoms with E-state index in [1.807, 2.05) is 47.9 Å². The summed E-state index contributed by atoms with van der Waals surface area (Å²) in [4.78, 5) is 29.5. The molecule has 0 N–H and O–H groups in total. The first-order valence-corrected chi connectivity index (χ1v) is 10.1. The van der Waals surface area contributed by atoms with Crippen molar-refractivity contribution in [2.75, 3.05) is 33.3 Å². The molecule has 1 aliphatic heterocycles. The van der Waals surface area contributed by atoms with Crippen LogP contribution in [0.5, 0.6) is 5.75 Å². The lowest BCUT2D eigenvalue weighted by Crippen LogP contribution is -2.38. The Morgan fingerprint density at radius 1 is 1.10 bits per heavy atom. The highest BCUT2D eigenvalue weighted by Gasteiger charge is 2.28. The summed E-state index contributed by atoms with van der Waals surface area (Å²) < 4.78 is 10.5. The van der Waals surface area contributed by atoms with Gasteiger partial charge >= 0.3 is 0 Å². The van der Waals surface area contributed by atoms with Crippen molar-refractivity contribution in [2.24, 2.45) is 0 Å². The molecular formula is C22H29N3O4. The quantitative estimate of drug-likeness (QED) is 0.772. The van der Waals surface area contributed by atoms with Crippen LogP contribution in [-0.2, 0) is 11.2 Å². The first-order valence-electron chi connectivity index (χ1n) is 10.1. The minimum Gasteiger partial charge on any atom is -0.497 e. The average Bonchev–Trinajstić information content (AvgIpc) is 2.94. The van der Waals surface area contributed by atoms with Crippen molar-refractivity contribution in [3.63, 3.8) is 0 Å². The van der Waals surface area contributed by atoms with E-state index < -0.39 is 0 Å². The van der Waals surface area contributed by atoms with E-state index in [0.717, 1.165) is 17.7 Å². The van der Waals surface area contributed by atoms with Crippen LogP contribution in [-0.4, -0.2) is 60.1 Å². The van der Waals surface area contributed by atoms with Crippen LogP contribution in [0.4, 0.5) is 0 Å². The molecular weight excluding hydrogens is 370 g/mol. The Morgan fingerprint density at radius 3 is 2.41 bits per heavy atom. The number of nitrogens with zero attached hydrogens (tertiary/aromatic N) is 3. The summed E-state index contributed by atoms with van der Waals surface area (Å²) in [6.45, 7) is 8.08. The Balaban J connectivity index is 1.63. The Labute approximate surface area is 171 Å². The van der Waals surface area contributed by atoms with Gasteiger partial charge in [0.1, 0.15) is 11.3 Å². The normalized spacial score (nSPS) is 14.8. The van der Waals surface area contributed by atoms with Crippen molar-refractivity contribution in [3.05, 3.63) is 46.8 Å². The molecule has 7 heteroatoms. The topological polar surface area (TPSA) is 75.9 Å². The number of aromatic nitrogens is 1. The number of carbonyl (C=O) groups is 2. The van der Waals surface area contributed by atoms with Gasteiger partial charge in [-0.1, -0.05) is 31.1 Å². The van der Waals surface area contributed by atoms with E-state index in [9.17, 15) is 9.59 Å². The molecule has 0 radical (unpaired) electrons. The fraction of sp³-hybridized carbons (Fsp3) is 0.500. The summed E-state index contributed by atoms with van der Waals surface area (Å²) in [6.07, 6.45) is 1.10. The van der Waals surface area contributed by atoms with Crippen molar-refractivity contribution >= 4 is 11.8 Å². The van der Waals surface area contributed by atoms with Crippen LogP contribution in [0.2, 0.25) is 0 Å². The van der Waals surface area contributed by atoms with Crippen LogP contribution in [0.1, 0.15) is 53.6 Å². The summed E-state index contributed by atoms with van der Waals surface area (Å²) in [5, 5.41) is 3.98. The van der Waals surface area contributed by atoms with Crippen molar-refractivity contribution in [1.82, 2.24) is 15.0 Å². The van der Waals surface area contributed by atoms with Crippen LogP contribution in [0, 0.1) is 6.92 Å². The van der Waals surface area contributed by atoms with Gasteiger partial charge in [0.25, 0.3) is 5.91 Å². The fourth-order valence-electron chi connectivity index (χ4n) is 3.60. The molecule has 2 aromatic rings. The molecule has 29 heavy (non-hydrogen) atoms. The number of methoxy groups -OCH3 is 1. The lowest BCUT2D eigenvalue weighted by Gasteiger charge is -2.22. The lowest BCUT2D eigenvalue weighted by molar-refractivity contribution is -0.130. The number of rotatable bonds is 5. The van der Waals surface area contributed by atoms with Gasteiger partial charge in [0.2, 0.25) is 5.91 Å². The minimum atomic E-state index is -0.0584. The largest absolute Gasteiger partial charge is 0.497 e. The van der Waals surface area contributed by atoms with E-state index in [4.69, 9.17) is 9.26 Å². The van der Waals surface area contributed by atoms with Crippen molar-refractivity contribution < 1.29 is 18.8 Å². The van der Waals surface area contributed by atoms with Crippen molar-refractivity contribution in [1.29, 1.82) is 0 Å². The maximum atomic E-state index is 13.1. The van der Waals surface area contributed by atoms with Gasteiger partial charge in [-0.05, 0) is 31.0 Å². The summed E-state index contributed by atoms with van der Waals surface area (Å²) in [6, 6.07) is 7.54. The number of hydrogen-bond acceptors (Lipinski definition) is 5. The highest BCUT2D eigenvalue weighted by Crippen LogP contribution is 2.24. The molecule has 2 heterocycles. The first kappa shape index (κ1) is 20.9. The lowest BCUT2D eigenvalue weighted by atomic mass is 10.0. The van der Waals surface area contributed by atoms with E-state index >= 15 is 0 Å². The monoisotopic (exact) mass is 399 g/mol. The van der Waals surface area contributed by atoms with Gasteiger partial charge in [0.15, 0.2) is 5.76 Å². The predicted octanol–water partition coefficient (Wildman–Crippen LogP) is 3.03. The van der Waals surface area contributed by atoms with Gasteiger partial charge in [0.05, 0.1) is 19.2 Å². The molecule has 1 aromatic heterocycles. The zero-order chi connectivity index (χ0) is 21.0. The molecule has 0 saturated carbocycles. The van der Waals surface area contributed by atoms with Gasteiger partial charge in [0, 0.05) is 32.1 Å². The van der Waals surface area contributed by atoms with Crippen LogP contribution < -0.4 is 4.74 Å². The zero-order valence-corrected chi connectivity index (χ0v) is 17.6.